The first-order valence-corrected chi connectivity index (χ1v) is 2.68. The zero-order valence-electron chi connectivity index (χ0n) is 3.63. The summed E-state index contributed by atoms with van der Waals surface area (Å²) in [5.74, 6) is 0. The van der Waals surface area contributed by atoms with Gasteiger partial charge in [-0.05, 0) is 0 Å². The summed E-state index contributed by atoms with van der Waals surface area (Å²) in [7, 11) is 0. The van der Waals surface area contributed by atoms with Gasteiger partial charge in [0.2, 0.25) is 6.43 Å². The Balaban J connectivity index is 2.68. The predicted octanol–water partition coefficient (Wildman–Crippen LogP) is 1.54. The summed E-state index contributed by atoms with van der Waals surface area (Å²) >= 11 is 2.79. The maximum absolute atomic E-state index is 11.2. The van der Waals surface area contributed by atoms with Gasteiger partial charge in [-0.3, -0.25) is 4.34 Å². The second-order valence-corrected chi connectivity index (χ2v) is 1.62. The second kappa shape index (κ2) is 4.46. The Kier molecular flexibility index (Phi) is 4.65. The molecule has 0 fully saturated rings. The van der Waals surface area contributed by atoms with Gasteiger partial charge in [0.1, 0.15) is 0 Å². The molecule has 0 amide bonds. The van der Waals surface area contributed by atoms with E-state index in [-0.39, 0.29) is 6.42 Å². The van der Waals surface area contributed by atoms with Gasteiger partial charge in [0, 0.05) is 29.1 Å². The maximum Gasteiger partial charge on any atom is 0.239 e. The SMILES string of the molecule is FC(F)CCNBr. The fourth-order valence-electron chi connectivity index (χ4n) is 0.164. The van der Waals surface area contributed by atoms with E-state index in [2.05, 4.69) is 20.5 Å². The summed E-state index contributed by atoms with van der Waals surface area (Å²) in [6, 6.07) is 0. The van der Waals surface area contributed by atoms with Gasteiger partial charge in [-0.25, -0.2) is 8.78 Å². The fraction of sp³-hybridized carbons (Fsp3) is 1.00. The molecule has 0 atom stereocenters. The molecule has 0 aromatic rings. The van der Waals surface area contributed by atoms with Gasteiger partial charge < -0.3 is 0 Å². The highest BCUT2D eigenvalue weighted by molar-refractivity contribution is 9.08. The van der Waals surface area contributed by atoms with Gasteiger partial charge in [-0.15, -0.1) is 0 Å². The van der Waals surface area contributed by atoms with Crippen LogP contribution in [0.2, 0.25) is 0 Å². The minimum Gasteiger partial charge on any atom is -0.256 e. The summed E-state index contributed by atoms with van der Waals surface area (Å²) in [4.78, 5) is 0. The Hall–Kier alpha value is 0.300. The predicted molar refractivity (Wildman–Crippen MR) is 27.6 cm³/mol. The molecule has 0 spiro atoms. The van der Waals surface area contributed by atoms with Crippen LogP contribution in [0.15, 0.2) is 0 Å². The van der Waals surface area contributed by atoms with Crippen LogP contribution < -0.4 is 4.34 Å². The smallest absolute Gasteiger partial charge is 0.239 e. The quantitative estimate of drug-likeness (QED) is 0.639. The van der Waals surface area contributed by atoms with Gasteiger partial charge in [0.15, 0.2) is 0 Å². The molecule has 0 rings (SSSR count). The van der Waals surface area contributed by atoms with Crippen molar-refractivity contribution in [1.82, 2.24) is 4.34 Å². The lowest BCUT2D eigenvalue weighted by atomic mass is 10.5. The molecule has 0 unspecified atom stereocenters. The van der Waals surface area contributed by atoms with E-state index in [0.717, 1.165) is 0 Å². The number of hydrogen-bond donors (Lipinski definition) is 1. The summed E-state index contributed by atoms with van der Waals surface area (Å²) in [5, 5.41) is 0. The van der Waals surface area contributed by atoms with Gasteiger partial charge in [-0.2, -0.15) is 0 Å². The Morgan fingerprint density at radius 2 is 2.14 bits per heavy atom. The molecule has 0 aliphatic rings. The van der Waals surface area contributed by atoms with Crippen molar-refractivity contribution >= 4 is 16.1 Å². The molecular weight excluding hydrogens is 168 g/mol. The fourth-order valence-corrected chi connectivity index (χ4v) is 0.393. The lowest BCUT2D eigenvalue weighted by Gasteiger charge is -1.92. The summed E-state index contributed by atoms with van der Waals surface area (Å²) in [5.41, 5.74) is 0. The first kappa shape index (κ1) is 7.30. The van der Waals surface area contributed by atoms with Crippen molar-refractivity contribution in [2.45, 2.75) is 12.8 Å². The van der Waals surface area contributed by atoms with Crippen LogP contribution in [-0.4, -0.2) is 13.0 Å². The van der Waals surface area contributed by atoms with Crippen molar-refractivity contribution in [2.24, 2.45) is 0 Å². The molecule has 4 heteroatoms. The van der Waals surface area contributed by atoms with Crippen molar-refractivity contribution < 1.29 is 8.78 Å². The van der Waals surface area contributed by atoms with Crippen LogP contribution >= 0.6 is 16.1 Å². The van der Waals surface area contributed by atoms with Gasteiger partial charge >= 0.3 is 0 Å². The zero-order chi connectivity index (χ0) is 5.70. The summed E-state index contributed by atoms with van der Waals surface area (Å²) in [6.45, 7) is 0.317. The van der Waals surface area contributed by atoms with Gasteiger partial charge in [-0.1, -0.05) is 0 Å². The van der Waals surface area contributed by atoms with E-state index in [1.807, 2.05) is 0 Å². The number of nitrogens with one attached hydrogen (secondary N) is 1. The number of halogens is 3. The number of hydrogen-bond acceptors (Lipinski definition) is 1. The molecule has 1 nitrogen and oxygen atoms in total. The van der Waals surface area contributed by atoms with Crippen LogP contribution in [-0.2, 0) is 0 Å². The third-order valence-corrected chi connectivity index (χ3v) is 0.854. The number of alkyl halides is 2. The molecule has 7 heavy (non-hydrogen) atoms. The Bertz CT molecular complexity index is 41.9. The van der Waals surface area contributed by atoms with Crippen LogP contribution in [0.25, 0.3) is 0 Å². The van der Waals surface area contributed by atoms with Crippen molar-refractivity contribution in [3.63, 3.8) is 0 Å². The Labute approximate surface area is 49.4 Å². The molecule has 0 saturated carbocycles. The van der Waals surface area contributed by atoms with Crippen molar-refractivity contribution in [2.75, 3.05) is 6.54 Å². The molecule has 0 radical (unpaired) electrons. The van der Waals surface area contributed by atoms with Crippen LogP contribution in [0.1, 0.15) is 6.42 Å². The molecular formula is C3H6BrF2N. The van der Waals surface area contributed by atoms with Crippen molar-refractivity contribution in [3.8, 4) is 0 Å². The zero-order valence-corrected chi connectivity index (χ0v) is 5.21. The van der Waals surface area contributed by atoms with E-state index >= 15 is 0 Å². The topological polar surface area (TPSA) is 12.0 Å². The summed E-state index contributed by atoms with van der Waals surface area (Å²) < 4.78 is 24.8. The van der Waals surface area contributed by atoms with Crippen molar-refractivity contribution in [3.05, 3.63) is 0 Å². The van der Waals surface area contributed by atoms with E-state index in [1.165, 1.54) is 0 Å². The molecule has 0 aliphatic carbocycles. The average molecular weight is 174 g/mol. The molecule has 0 saturated heterocycles. The average Bonchev–Trinajstić information content (AvgIpc) is 1.61. The highest BCUT2D eigenvalue weighted by Crippen LogP contribution is 1.95. The van der Waals surface area contributed by atoms with E-state index in [1.54, 1.807) is 0 Å². The van der Waals surface area contributed by atoms with E-state index in [4.69, 9.17) is 0 Å². The normalized spacial score (nSPS) is 10.3. The highest BCUT2D eigenvalue weighted by atomic mass is 79.9. The van der Waals surface area contributed by atoms with Crippen LogP contribution in [0, 0.1) is 0 Å². The Morgan fingerprint density at radius 3 is 2.29 bits per heavy atom. The van der Waals surface area contributed by atoms with E-state index < -0.39 is 6.43 Å². The standard InChI is InChI=1S/C3H6BrF2N/c4-7-2-1-3(5)6/h3,7H,1-2H2. The minimum atomic E-state index is -2.19. The van der Waals surface area contributed by atoms with E-state index in [9.17, 15) is 8.78 Å². The molecule has 0 bridgehead atoms. The van der Waals surface area contributed by atoms with Crippen molar-refractivity contribution in [1.29, 1.82) is 0 Å². The molecule has 0 aromatic heterocycles. The molecule has 0 heterocycles. The Morgan fingerprint density at radius 1 is 1.57 bits per heavy atom. The van der Waals surface area contributed by atoms with Crippen LogP contribution in [0.3, 0.4) is 0 Å². The molecule has 44 valence electrons. The second-order valence-electron chi connectivity index (χ2n) is 1.06. The van der Waals surface area contributed by atoms with Crippen LogP contribution in [0.4, 0.5) is 8.78 Å². The van der Waals surface area contributed by atoms with Gasteiger partial charge in [0.25, 0.3) is 0 Å². The highest BCUT2D eigenvalue weighted by Gasteiger charge is 1.97. The lowest BCUT2D eigenvalue weighted by Crippen LogP contribution is -2.04. The first-order chi connectivity index (χ1) is 3.27. The largest absolute Gasteiger partial charge is 0.256 e. The van der Waals surface area contributed by atoms with E-state index in [0.29, 0.717) is 6.54 Å². The maximum atomic E-state index is 11.2. The monoisotopic (exact) mass is 173 g/mol. The lowest BCUT2D eigenvalue weighted by molar-refractivity contribution is 0.140. The third kappa shape index (κ3) is 6.30. The molecule has 0 aliphatic heterocycles. The first-order valence-electron chi connectivity index (χ1n) is 1.89. The summed E-state index contributed by atoms with van der Waals surface area (Å²) in [6.07, 6.45) is -2.28. The third-order valence-electron chi connectivity index (χ3n) is 0.457. The van der Waals surface area contributed by atoms with Crippen LogP contribution in [0.5, 0.6) is 0 Å². The minimum absolute atomic E-state index is 0.0920. The molecule has 1 N–H and O–H groups in total. The number of rotatable bonds is 3. The van der Waals surface area contributed by atoms with Gasteiger partial charge in [0.05, 0.1) is 0 Å². The molecule has 0 aromatic carbocycles.